The molecule has 5 rings (SSSR count). The summed E-state index contributed by atoms with van der Waals surface area (Å²) in [5, 5.41) is 9.08. The van der Waals surface area contributed by atoms with Crippen LogP contribution in [0, 0.1) is 5.92 Å². The van der Waals surface area contributed by atoms with E-state index in [2.05, 4.69) is 19.7 Å². The van der Waals surface area contributed by atoms with Crippen LogP contribution in [0.5, 0.6) is 0 Å². The first-order chi connectivity index (χ1) is 14.3. The number of amides is 1. The summed E-state index contributed by atoms with van der Waals surface area (Å²) in [6.07, 6.45) is 7.87. The van der Waals surface area contributed by atoms with Gasteiger partial charge < -0.3 is 14.4 Å². The van der Waals surface area contributed by atoms with E-state index < -0.39 is 0 Å². The van der Waals surface area contributed by atoms with Gasteiger partial charge in [-0.15, -0.1) is 10.2 Å². The van der Waals surface area contributed by atoms with E-state index in [1.54, 1.807) is 0 Å². The highest BCUT2D eigenvalue weighted by molar-refractivity contribution is 5.95. The number of aryl methyl sites for hydroxylation is 1. The molecule has 1 atom stereocenters. The zero-order valence-corrected chi connectivity index (χ0v) is 17.2. The van der Waals surface area contributed by atoms with Gasteiger partial charge in [0, 0.05) is 44.1 Å². The highest BCUT2D eigenvalue weighted by Crippen LogP contribution is 2.31. The van der Waals surface area contributed by atoms with Crippen molar-refractivity contribution < 1.29 is 4.79 Å². The minimum absolute atomic E-state index is 0.266. The smallest absolute Gasteiger partial charge is 0.227 e. The molecular formula is C23H31N5O. The Morgan fingerprint density at radius 1 is 0.966 bits per heavy atom. The summed E-state index contributed by atoms with van der Waals surface area (Å²) in [7, 11) is 0. The van der Waals surface area contributed by atoms with Crippen molar-refractivity contribution in [3.05, 3.63) is 42.0 Å². The number of anilines is 1. The Labute approximate surface area is 172 Å². The van der Waals surface area contributed by atoms with Crippen LogP contribution in [-0.2, 0) is 17.8 Å². The number of likely N-dealkylation sites (tertiary alicyclic amines) is 1. The van der Waals surface area contributed by atoms with Gasteiger partial charge in [-0.25, -0.2) is 0 Å². The van der Waals surface area contributed by atoms with Gasteiger partial charge in [-0.3, -0.25) is 4.79 Å². The van der Waals surface area contributed by atoms with Gasteiger partial charge in [-0.05, 0) is 56.8 Å². The molecule has 2 fully saturated rings. The van der Waals surface area contributed by atoms with E-state index in [0.29, 0.717) is 18.3 Å². The lowest BCUT2D eigenvalue weighted by atomic mass is 9.94. The van der Waals surface area contributed by atoms with Gasteiger partial charge in [0.2, 0.25) is 5.91 Å². The lowest BCUT2D eigenvalue weighted by Gasteiger charge is -2.33. The maximum atomic E-state index is 12.5. The molecule has 3 aliphatic heterocycles. The largest absolute Gasteiger partial charge is 0.315 e. The third kappa shape index (κ3) is 3.95. The van der Waals surface area contributed by atoms with Crippen molar-refractivity contribution in [1.29, 1.82) is 0 Å². The molecule has 29 heavy (non-hydrogen) atoms. The van der Waals surface area contributed by atoms with Gasteiger partial charge in [0.05, 0.1) is 0 Å². The highest BCUT2D eigenvalue weighted by Gasteiger charge is 2.33. The van der Waals surface area contributed by atoms with Gasteiger partial charge in [0.15, 0.2) is 0 Å². The molecule has 1 unspecified atom stereocenters. The van der Waals surface area contributed by atoms with Crippen LogP contribution in [-0.4, -0.2) is 51.8 Å². The van der Waals surface area contributed by atoms with Crippen molar-refractivity contribution in [2.24, 2.45) is 5.92 Å². The van der Waals surface area contributed by atoms with E-state index in [0.717, 1.165) is 57.7 Å². The van der Waals surface area contributed by atoms with Gasteiger partial charge in [-0.1, -0.05) is 24.6 Å². The van der Waals surface area contributed by atoms with E-state index in [1.165, 1.54) is 30.9 Å². The van der Waals surface area contributed by atoms with Crippen molar-refractivity contribution in [3.63, 3.8) is 0 Å². The molecule has 0 radical (unpaired) electrons. The summed E-state index contributed by atoms with van der Waals surface area (Å²) in [6.45, 7) is 5.17. The predicted molar refractivity (Wildman–Crippen MR) is 113 cm³/mol. The molecule has 154 valence electrons. The zero-order chi connectivity index (χ0) is 19.6. The topological polar surface area (TPSA) is 54.3 Å². The molecule has 6 nitrogen and oxygen atoms in total. The molecule has 0 saturated carbocycles. The van der Waals surface area contributed by atoms with Crippen LogP contribution in [0.15, 0.2) is 30.3 Å². The fraction of sp³-hybridized carbons (Fsp3) is 0.609. The molecule has 4 heterocycles. The summed E-state index contributed by atoms with van der Waals surface area (Å²) in [5.41, 5.74) is 1.03. The SMILES string of the molecule is O=C1CC(CN2CCC(c3nnc4n3CCCCC4)CC2)CN1c1ccccc1. The first-order valence-electron chi connectivity index (χ1n) is 11.3. The van der Waals surface area contributed by atoms with Crippen LogP contribution in [0.1, 0.15) is 56.1 Å². The molecule has 3 aliphatic rings. The van der Waals surface area contributed by atoms with Crippen molar-refractivity contribution in [3.8, 4) is 0 Å². The Hall–Kier alpha value is -2.21. The molecule has 2 saturated heterocycles. The number of rotatable bonds is 4. The number of carbonyl (C=O) groups excluding carboxylic acids is 1. The fourth-order valence-corrected chi connectivity index (χ4v) is 5.31. The number of piperidine rings is 1. The summed E-state index contributed by atoms with van der Waals surface area (Å²) < 4.78 is 2.42. The van der Waals surface area contributed by atoms with E-state index in [-0.39, 0.29) is 5.91 Å². The Balaban J connectivity index is 1.16. The van der Waals surface area contributed by atoms with Gasteiger partial charge in [0.25, 0.3) is 0 Å². The fourth-order valence-electron chi connectivity index (χ4n) is 5.31. The number of hydrogen-bond donors (Lipinski definition) is 0. The molecule has 0 N–H and O–H groups in total. The summed E-state index contributed by atoms with van der Waals surface area (Å²) in [6, 6.07) is 10.1. The standard InChI is InChI=1S/C23H31N5O/c29-22-15-18(17-28(22)20-7-3-1-4-8-20)16-26-13-10-19(11-14-26)23-25-24-21-9-5-2-6-12-27(21)23/h1,3-4,7-8,18-19H,2,5-6,9-17H2. The number of para-hydroxylation sites is 1. The lowest BCUT2D eigenvalue weighted by Crippen LogP contribution is -2.37. The first kappa shape index (κ1) is 18.8. The summed E-state index contributed by atoms with van der Waals surface area (Å²) in [5.74, 6) is 3.67. The van der Waals surface area contributed by atoms with Gasteiger partial charge >= 0.3 is 0 Å². The average molecular weight is 394 g/mol. The quantitative estimate of drug-likeness (QED) is 0.800. The Bertz CT molecular complexity index is 840. The second-order valence-corrected chi connectivity index (χ2v) is 8.92. The van der Waals surface area contributed by atoms with Crippen LogP contribution >= 0.6 is 0 Å². The van der Waals surface area contributed by atoms with E-state index in [1.807, 2.05) is 35.2 Å². The zero-order valence-electron chi connectivity index (χ0n) is 17.2. The Morgan fingerprint density at radius 2 is 1.79 bits per heavy atom. The monoisotopic (exact) mass is 393 g/mol. The Kier molecular flexibility index (Phi) is 5.36. The van der Waals surface area contributed by atoms with Crippen LogP contribution in [0.3, 0.4) is 0 Å². The molecule has 0 bridgehead atoms. The summed E-state index contributed by atoms with van der Waals surface area (Å²) >= 11 is 0. The van der Waals surface area contributed by atoms with E-state index in [4.69, 9.17) is 0 Å². The number of aromatic nitrogens is 3. The van der Waals surface area contributed by atoms with Gasteiger partial charge in [0.1, 0.15) is 11.6 Å². The molecule has 1 aromatic carbocycles. The lowest BCUT2D eigenvalue weighted by molar-refractivity contribution is -0.117. The molecular weight excluding hydrogens is 362 g/mol. The second kappa shape index (κ2) is 8.27. The molecule has 0 aliphatic carbocycles. The molecule has 1 aromatic heterocycles. The number of benzene rings is 1. The predicted octanol–water partition coefficient (Wildman–Crippen LogP) is 3.24. The van der Waals surface area contributed by atoms with Crippen molar-refractivity contribution in [2.45, 2.75) is 57.4 Å². The van der Waals surface area contributed by atoms with E-state index in [9.17, 15) is 4.79 Å². The van der Waals surface area contributed by atoms with E-state index >= 15 is 0 Å². The summed E-state index contributed by atoms with van der Waals surface area (Å²) in [4.78, 5) is 17.0. The normalized spacial score (nSPS) is 23.9. The van der Waals surface area contributed by atoms with Crippen LogP contribution in [0.4, 0.5) is 5.69 Å². The highest BCUT2D eigenvalue weighted by atomic mass is 16.2. The number of carbonyl (C=O) groups is 1. The third-order valence-electron chi connectivity index (χ3n) is 6.88. The van der Waals surface area contributed by atoms with Crippen LogP contribution in [0.25, 0.3) is 0 Å². The first-order valence-corrected chi connectivity index (χ1v) is 11.3. The van der Waals surface area contributed by atoms with Crippen LogP contribution < -0.4 is 4.90 Å². The minimum atomic E-state index is 0.266. The van der Waals surface area contributed by atoms with Crippen LogP contribution in [0.2, 0.25) is 0 Å². The maximum Gasteiger partial charge on any atom is 0.227 e. The molecule has 6 heteroatoms. The van der Waals surface area contributed by atoms with Crippen molar-refractivity contribution in [1.82, 2.24) is 19.7 Å². The average Bonchev–Trinajstić information content (AvgIpc) is 3.24. The molecule has 2 aromatic rings. The molecule has 1 amide bonds. The second-order valence-electron chi connectivity index (χ2n) is 8.92. The molecule has 0 spiro atoms. The Morgan fingerprint density at radius 3 is 2.62 bits per heavy atom. The third-order valence-corrected chi connectivity index (χ3v) is 6.88. The minimum Gasteiger partial charge on any atom is -0.315 e. The van der Waals surface area contributed by atoms with Crippen molar-refractivity contribution in [2.75, 3.05) is 31.1 Å². The number of fused-ring (bicyclic) bond motifs is 1. The maximum absolute atomic E-state index is 12.5. The van der Waals surface area contributed by atoms with Crippen molar-refractivity contribution >= 4 is 11.6 Å². The van der Waals surface area contributed by atoms with Gasteiger partial charge in [-0.2, -0.15) is 0 Å². The number of hydrogen-bond acceptors (Lipinski definition) is 4. The number of nitrogens with zero attached hydrogens (tertiary/aromatic N) is 5.